The van der Waals surface area contributed by atoms with Gasteiger partial charge in [-0.25, -0.2) is 4.39 Å². The van der Waals surface area contributed by atoms with Gasteiger partial charge in [0, 0.05) is 22.5 Å². The predicted octanol–water partition coefficient (Wildman–Crippen LogP) is 4.99. The number of anilines is 2. The van der Waals surface area contributed by atoms with Crippen LogP contribution >= 0.6 is 0 Å². The first-order chi connectivity index (χ1) is 10.2. The van der Waals surface area contributed by atoms with Crippen molar-refractivity contribution in [2.24, 2.45) is 0 Å². The van der Waals surface area contributed by atoms with E-state index in [-0.39, 0.29) is 5.82 Å². The summed E-state index contributed by atoms with van der Waals surface area (Å²) in [4.78, 5) is 4.45. The largest absolute Gasteiger partial charge is 0.355 e. The first-order valence-corrected chi connectivity index (χ1v) is 7.09. The van der Waals surface area contributed by atoms with Crippen LogP contribution in [-0.2, 0) is 6.42 Å². The second kappa shape index (κ2) is 5.52. The Kier molecular flexibility index (Phi) is 3.57. The van der Waals surface area contributed by atoms with E-state index in [1.165, 1.54) is 17.7 Å². The monoisotopic (exact) mass is 280 g/mol. The fourth-order valence-electron chi connectivity index (χ4n) is 2.53. The molecule has 0 fully saturated rings. The molecule has 0 aliphatic carbocycles. The number of rotatable bonds is 3. The first-order valence-electron chi connectivity index (χ1n) is 7.09. The maximum absolute atomic E-state index is 13.5. The van der Waals surface area contributed by atoms with E-state index in [2.05, 4.69) is 23.3 Å². The molecule has 0 atom stereocenters. The third kappa shape index (κ3) is 2.72. The predicted molar refractivity (Wildman–Crippen MR) is 85.5 cm³/mol. The van der Waals surface area contributed by atoms with Gasteiger partial charge < -0.3 is 5.32 Å². The van der Waals surface area contributed by atoms with Gasteiger partial charge in [-0.3, -0.25) is 4.98 Å². The quantitative estimate of drug-likeness (QED) is 0.731. The molecule has 0 aliphatic rings. The molecule has 1 N–H and O–H groups in total. The van der Waals surface area contributed by atoms with Crippen LogP contribution in [0.25, 0.3) is 10.9 Å². The number of pyridine rings is 1. The van der Waals surface area contributed by atoms with Crippen LogP contribution in [0, 0.1) is 12.7 Å². The highest BCUT2D eigenvalue weighted by molar-refractivity contribution is 5.93. The van der Waals surface area contributed by atoms with E-state index in [9.17, 15) is 4.39 Å². The van der Waals surface area contributed by atoms with Crippen molar-refractivity contribution in [1.82, 2.24) is 4.98 Å². The first kappa shape index (κ1) is 13.6. The van der Waals surface area contributed by atoms with Gasteiger partial charge in [0.2, 0.25) is 0 Å². The topological polar surface area (TPSA) is 24.9 Å². The molecule has 0 radical (unpaired) electrons. The van der Waals surface area contributed by atoms with Crippen LogP contribution in [0.2, 0.25) is 0 Å². The van der Waals surface area contributed by atoms with Gasteiger partial charge >= 0.3 is 0 Å². The fourth-order valence-corrected chi connectivity index (χ4v) is 2.53. The van der Waals surface area contributed by atoms with E-state index in [0.717, 1.165) is 34.4 Å². The number of aromatic nitrogens is 1. The van der Waals surface area contributed by atoms with E-state index < -0.39 is 0 Å². The van der Waals surface area contributed by atoms with E-state index in [0.29, 0.717) is 0 Å². The zero-order chi connectivity index (χ0) is 14.8. The third-order valence-corrected chi connectivity index (χ3v) is 3.57. The lowest BCUT2D eigenvalue weighted by Crippen LogP contribution is -1.98. The number of halogens is 1. The molecule has 1 aromatic heterocycles. The van der Waals surface area contributed by atoms with Crippen molar-refractivity contribution < 1.29 is 4.39 Å². The Labute approximate surface area is 123 Å². The minimum Gasteiger partial charge on any atom is -0.355 e. The van der Waals surface area contributed by atoms with Gasteiger partial charge in [-0.1, -0.05) is 25.1 Å². The number of fused-ring (bicyclic) bond motifs is 1. The molecule has 0 saturated heterocycles. The van der Waals surface area contributed by atoms with E-state index in [4.69, 9.17) is 0 Å². The SMILES string of the molecule is CCc1ccccc1Nc1cc(C)nc2ccc(F)cc12. The van der Waals surface area contributed by atoms with E-state index in [1.807, 2.05) is 31.2 Å². The second-order valence-corrected chi connectivity index (χ2v) is 5.11. The van der Waals surface area contributed by atoms with Crippen molar-refractivity contribution >= 4 is 22.3 Å². The highest BCUT2D eigenvalue weighted by Crippen LogP contribution is 2.28. The summed E-state index contributed by atoms with van der Waals surface area (Å²) in [6.45, 7) is 4.07. The maximum atomic E-state index is 13.5. The summed E-state index contributed by atoms with van der Waals surface area (Å²) in [5.74, 6) is -0.250. The number of nitrogens with zero attached hydrogens (tertiary/aromatic N) is 1. The van der Waals surface area contributed by atoms with Gasteiger partial charge in [0.05, 0.1) is 5.52 Å². The van der Waals surface area contributed by atoms with Crippen LogP contribution in [0.4, 0.5) is 15.8 Å². The molecular formula is C18H17FN2. The Morgan fingerprint density at radius 1 is 1.05 bits per heavy atom. The van der Waals surface area contributed by atoms with Crippen LogP contribution in [0.15, 0.2) is 48.5 Å². The molecular weight excluding hydrogens is 263 g/mol. The molecule has 106 valence electrons. The molecule has 2 nitrogen and oxygen atoms in total. The second-order valence-electron chi connectivity index (χ2n) is 5.11. The highest BCUT2D eigenvalue weighted by Gasteiger charge is 2.07. The summed E-state index contributed by atoms with van der Waals surface area (Å²) in [5.41, 5.74) is 4.88. The summed E-state index contributed by atoms with van der Waals surface area (Å²) < 4.78 is 13.5. The Morgan fingerprint density at radius 2 is 1.86 bits per heavy atom. The Bertz CT molecular complexity index is 796. The van der Waals surface area contributed by atoms with Crippen molar-refractivity contribution in [2.75, 3.05) is 5.32 Å². The molecule has 0 amide bonds. The normalized spacial score (nSPS) is 10.8. The van der Waals surface area contributed by atoms with E-state index >= 15 is 0 Å². The summed E-state index contributed by atoms with van der Waals surface area (Å²) >= 11 is 0. The lowest BCUT2D eigenvalue weighted by molar-refractivity contribution is 0.629. The molecule has 0 bridgehead atoms. The van der Waals surface area contributed by atoms with Crippen LogP contribution in [0.5, 0.6) is 0 Å². The molecule has 1 heterocycles. The van der Waals surface area contributed by atoms with Crippen LogP contribution < -0.4 is 5.32 Å². The lowest BCUT2D eigenvalue weighted by atomic mass is 10.1. The number of hydrogen-bond acceptors (Lipinski definition) is 2. The molecule has 0 aliphatic heterocycles. The van der Waals surface area contributed by atoms with Gasteiger partial charge in [-0.2, -0.15) is 0 Å². The lowest BCUT2D eigenvalue weighted by Gasteiger charge is -2.13. The number of benzene rings is 2. The average Bonchev–Trinajstić information content (AvgIpc) is 2.48. The number of para-hydroxylation sites is 1. The van der Waals surface area contributed by atoms with Crippen LogP contribution in [0.1, 0.15) is 18.2 Å². The van der Waals surface area contributed by atoms with Crippen LogP contribution in [-0.4, -0.2) is 4.98 Å². The summed E-state index contributed by atoms with van der Waals surface area (Å²) in [5, 5.41) is 4.23. The van der Waals surface area contributed by atoms with Crippen LogP contribution in [0.3, 0.4) is 0 Å². The molecule has 0 saturated carbocycles. The molecule has 0 spiro atoms. The Balaban J connectivity index is 2.13. The zero-order valence-corrected chi connectivity index (χ0v) is 12.2. The average molecular weight is 280 g/mol. The number of aryl methyl sites for hydroxylation is 2. The molecule has 3 rings (SSSR count). The summed E-state index contributed by atoms with van der Waals surface area (Å²) in [6, 6.07) is 14.8. The standard InChI is InChI=1S/C18H17FN2/c1-3-13-6-4-5-7-16(13)21-18-10-12(2)20-17-9-8-14(19)11-15(17)18/h4-11H,3H2,1-2H3,(H,20,21). The molecule has 2 aromatic carbocycles. The van der Waals surface area contributed by atoms with Gasteiger partial charge in [-0.15, -0.1) is 0 Å². The summed E-state index contributed by atoms with van der Waals surface area (Å²) in [6.07, 6.45) is 0.944. The highest BCUT2D eigenvalue weighted by atomic mass is 19.1. The fraction of sp³-hybridized carbons (Fsp3) is 0.167. The van der Waals surface area contributed by atoms with Gasteiger partial charge in [-0.05, 0) is 49.2 Å². The molecule has 21 heavy (non-hydrogen) atoms. The third-order valence-electron chi connectivity index (χ3n) is 3.57. The maximum Gasteiger partial charge on any atom is 0.124 e. The number of nitrogens with one attached hydrogen (secondary N) is 1. The minimum absolute atomic E-state index is 0.250. The minimum atomic E-state index is -0.250. The van der Waals surface area contributed by atoms with Crippen molar-refractivity contribution in [3.63, 3.8) is 0 Å². The van der Waals surface area contributed by atoms with Gasteiger partial charge in [0.1, 0.15) is 5.82 Å². The van der Waals surface area contributed by atoms with Crippen molar-refractivity contribution in [3.05, 3.63) is 65.6 Å². The smallest absolute Gasteiger partial charge is 0.124 e. The zero-order valence-electron chi connectivity index (χ0n) is 12.2. The Hall–Kier alpha value is -2.42. The number of hydrogen-bond donors (Lipinski definition) is 1. The van der Waals surface area contributed by atoms with Crippen molar-refractivity contribution in [3.8, 4) is 0 Å². The Morgan fingerprint density at radius 3 is 2.67 bits per heavy atom. The van der Waals surface area contributed by atoms with Gasteiger partial charge in [0.15, 0.2) is 0 Å². The van der Waals surface area contributed by atoms with E-state index in [1.54, 1.807) is 6.07 Å². The van der Waals surface area contributed by atoms with Crippen molar-refractivity contribution in [1.29, 1.82) is 0 Å². The molecule has 3 aromatic rings. The molecule has 3 heteroatoms. The molecule has 0 unspecified atom stereocenters. The van der Waals surface area contributed by atoms with Crippen molar-refractivity contribution in [2.45, 2.75) is 20.3 Å². The van der Waals surface area contributed by atoms with Gasteiger partial charge in [0.25, 0.3) is 0 Å². The summed E-state index contributed by atoms with van der Waals surface area (Å²) in [7, 11) is 0.